The van der Waals surface area contributed by atoms with E-state index in [0.717, 1.165) is 18.5 Å². The van der Waals surface area contributed by atoms with Gasteiger partial charge in [0.2, 0.25) is 0 Å². The van der Waals surface area contributed by atoms with E-state index in [-0.39, 0.29) is 0 Å². The smallest absolute Gasteiger partial charge is 0.0708 e. The van der Waals surface area contributed by atoms with Crippen LogP contribution in [0.25, 0.3) is 0 Å². The minimum Gasteiger partial charge on any atom is -0.370 e. The number of hydrogen-bond acceptors (Lipinski definition) is 2. The molecule has 1 saturated heterocycles. The molecule has 1 N–H and O–H groups in total. The normalized spacial score (nSPS) is 40.4. The molecule has 3 unspecified atom stereocenters. The highest BCUT2D eigenvalue weighted by Crippen LogP contribution is 2.43. The van der Waals surface area contributed by atoms with E-state index in [4.69, 9.17) is 4.74 Å². The summed E-state index contributed by atoms with van der Waals surface area (Å²) < 4.78 is 6.34. The molecule has 0 aromatic carbocycles. The van der Waals surface area contributed by atoms with Crippen LogP contribution in [0.2, 0.25) is 0 Å². The standard InChI is InChI=1S/C15H27NO/c1-12-5-4-6-14(12)16-11-13-7-10-15(17-13)8-2-3-9-15/h12-14,16H,2-11H2,1H3. The summed E-state index contributed by atoms with van der Waals surface area (Å²) in [6, 6.07) is 0.763. The van der Waals surface area contributed by atoms with Gasteiger partial charge in [0.25, 0.3) is 0 Å². The molecule has 1 spiro atoms. The van der Waals surface area contributed by atoms with Crippen molar-refractivity contribution in [3.8, 4) is 0 Å². The molecule has 0 aromatic rings. The van der Waals surface area contributed by atoms with E-state index in [0.29, 0.717) is 11.7 Å². The molecule has 3 rings (SSSR count). The van der Waals surface area contributed by atoms with Gasteiger partial charge >= 0.3 is 0 Å². The van der Waals surface area contributed by atoms with E-state index in [1.165, 1.54) is 57.8 Å². The van der Waals surface area contributed by atoms with Crippen LogP contribution in [-0.2, 0) is 4.74 Å². The molecule has 0 bridgehead atoms. The van der Waals surface area contributed by atoms with Crippen molar-refractivity contribution in [3.63, 3.8) is 0 Å². The van der Waals surface area contributed by atoms with E-state index < -0.39 is 0 Å². The van der Waals surface area contributed by atoms with E-state index in [2.05, 4.69) is 12.2 Å². The third-order valence-electron chi connectivity index (χ3n) is 5.32. The van der Waals surface area contributed by atoms with Crippen molar-refractivity contribution in [1.82, 2.24) is 5.32 Å². The zero-order valence-corrected chi connectivity index (χ0v) is 11.2. The highest BCUT2D eigenvalue weighted by atomic mass is 16.5. The lowest BCUT2D eigenvalue weighted by Crippen LogP contribution is -2.38. The Morgan fingerprint density at radius 2 is 1.88 bits per heavy atom. The molecular weight excluding hydrogens is 210 g/mol. The Bertz CT molecular complexity index is 260. The van der Waals surface area contributed by atoms with Gasteiger partial charge in [-0.2, -0.15) is 0 Å². The summed E-state index contributed by atoms with van der Waals surface area (Å²) in [5.41, 5.74) is 0.313. The molecule has 0 radical (unpaired) electrons. The van der Waals surface area contributed by atoms with Gasteiger partial charge < -0.3 is 10.1 Å². The summed E-state index contributed by atoms with van der Waals surface area (Å²) in [5.74, 6) is 0.872. The second kappa shape index (κ2) is 4.89. The summed E-state index contributed by atoms with van der Waals surface area (Å²) in [6.07, 6.45) is 12.7. The molecule has 0 amide bonds. The van der Waals surface area contributed by atoms with Crippen LogP contribution in [0.15, 0.2) is 0 Å². The fourth-order valence-electron chi connectivity index (χ4n) is 4.16. The molecule has 2 nitrogen and oxygen atoms in total. The van der Waals surface area contributed by atoms with Crippen molar-refractivity contribution in [2.24, 2.45) is 5.92 Å². The number of nitrogens with one attached hydrogen (secondary N) is 1. The van der Waals surface area contributed by atoms with Crippen LogP contribution in [0.1, 0.15) is 64.7 Å². The first-order valence-electron chi connectivity index (χ1n) is 7.69. The molecule has 1 heterocycles. The van der Waals surface area contributed by atoms with E-state index in [1.54, 1.807) is 0 Å². The van der Waals surface area contributed by atoms with Crippen LogP contribution in [0.3, 0.4) is 0 Å². The lowest BCUT2D eigenvalue weighted by Gasteiger charge is -2.25. The molecule has 2 heteroatoms. The highest BCUT2D eigenvalue weighted by Gasteiger charge is 2.42. The predicted molar refractivity (Wildman–Crippen MR) is 70.1 cm³/mol. The van der Waals surface area contributed by atoms with Crippen molar-refractivity contribution >= 4 is 0 Å². The maximum absolute atomic E-state index is 6.34. The fourth-order valence-corrected chi connectivity index (χ4v) is 4.16. The third kappa shape index (κ3) is 2.53. The molecule has 3 atom stereocenters. The van der Waals surface area contributed by atoms with Crippen molar-refractivity contribution in [2.75, 3.05) is 6.54 Å². The third-order valence-corrected chi connectivity index (χ3v) is 5.32. The van der Waals surface area contributed by atoms with Crippen molar-refractivity contribution in [2.45, 2.75) is 82.5 Å². The van der Waals surface area contributed by atoms with Gasteiger partial charge in [-0.1, -0.05) is 26.2 Å². The highest BCUT2D eigenvalue weighted by molar-refractivity contribution is 4.93. The number of ether oxygens (including phenoxy) is 1. The minimum absolute atomic E-state index is 0.313. The largest absolute Gasteiger partial charge is 0.370 e. The fraction of sp³-hybridized carbons (Fsp3) is 1.00. The molecule has 2 aliphatic carbocycles. The van der Waals surface area contributed by atoms with Crippen LogP contribution < -0.4 is 5.32 Å². The van der Waals surface area contributed by atoms with Gasteiger partial charge in [0.15, 0.2) is 0 Å². The van der Waals surface area contributed by atoms with Crippen LogP contribution in [0.4, 0.5) is 0 Å². The van der Waals surface area contributed by atoms with Crippen LogP contribution >= 0.6 is 0 Å². The number of hydrogen-bond donors (Lipinski definition) is 1. The average Bonchev–Trinajstić information content (AvgIpc) is 3.01. The van der Waals surface area contributed by atoms with Crippen molar-refractivity contribution in [3.05, 3.63) is 0 Å². The van der Waals surface area contributed by atoms with Crippen LogP contribution in [0.5, 0.6) is 0 Å². The molecule has 0 aromatic heterocycles. The first-order chi connectivity index (χ1) is 8.27. The molecule has 3 aliphatic rings. The second-order valence-electron chi connectivity index (χ2n) is 6.59. The van der Waals surface area contributed by atoms with Gasteiger partial charge in [-0.25, -0.2) is 0 Å². The quantitative estimate of drug-likeness (QED) is 0.813. The molecule has 98 valence electrons. The first-order valence-corrected chi connectivity index (χ1v) is 7.69. The summed E-state index contributed by atoms with van der Waals surface area (Å²) in [4.78, 5) is 0. The summed E-state index contributed by atoms with van der Waals surface area (Å²) >= 11 is 0. The predicted octanol–water partition coefficient (Wildman–Crippen LogP) is 3.26. The first kappa shape index (κ1) is 12.0. The van der Waals surface area contributed by atoms with Crippen LogP contribution in [-0.4, -0.2) is 24.3 Å². The molecule has 2 saturated carbocycles. The molecule has 17 heavy (non-hydrogen) atoms. The Hall–Kier alpha value is -0.0800. The topological polar surface area (TPSA) is 21.3 Å². The van der Waals surface area contributed by atoms with E-state index in [1.807, 2.05) is 0 Å². The van der Waals surface area contributed by atoms with Gasteiger partial charge in [0.1, 0.15) is 0 Å². The van der Waals surface area contributed by atoms with Gasteiger partial charge in [-0.3, -0.25) is 0 Å². The maximum atomic E-state index is 6.34. The Morgan fingerprint density at radius 1 is 1.06 bits per heavy atom. The van der Waals surface area contributed by atoms with E-state index in [9.17, 15) is 0 Å². The van der Waals surface area contributed by atoms with Crippen molar-refractivity contribution in [1.29, 1.82) is 0 Å². The molecule has 1 aliphatic heterocycles. The van der Waals surface area contributed by atoms with Gasteiger partial charge in [-0.15, -0.1) is 0 Å². The molecule has 3 fully saturated rings. The summed E-state index contributed by atoms with van der Waals surface area (Å²) in [7, 11) is 0. The molecular formula is C15H27NO. The zero-order chi connectivity index (χ0) is 11.7. The Morgan fingerprint density at radius 3 is 2.59 bits per heavy atom. The van der Waals surface area contributed by atoms with Gasteiger partial charge in [-0.05, 0) is 44.4 Å². The zero-order valence-electron chi connectivity index (χ0n) is 11.2. The second-order valence-corrected chi connectivity index (χ2v) is 6.59. The van der Waals surface area contributed by atoms with Crippen LogP contribution in [0, 0.1) is 5.92 Å². The van der Waals surface area contributed by atoms with E-state index >= 15 is 0 Å². The SMILES string of the molecule is CC1CCCC1NCC1CCC2(CCCC2)O1. The Labute approximate surface area is 105 Å². The summed E-state index contributed by atoms with van der Waals surface area (Å²) in [6.45, 7) is 3.48. The maximum Gasteiger partial charge on any atom is 0.0708 e. The minimum atomic E-state index is 0.313. The lowest BCUT2D eigenvalue weighted by atomic mass is 9.98. The number of rotatable bonds is 3. The van der Waals surface area contributed by atoms with Gasteiger partial charge in [0.05, 0.1) is 11.7 Å². The average molecular weight is 237 g/mol. The Kier molecular flexibility index (Phi) is 3.45. The summed E-state index contributed by atoms with van der Waals surface area (Å²) in [5, 5.41) is 3.75. The monoisotopic (exact) mass is 237 g/mol. The van der Waals surface area contributed by atoms with Gasteiger partial charge in [0, 0.05) is 12.6 Å². The van der Waals surface area contributed by atoms with Crippen molar-refractivity contribution < 1.29 is 4.74 Å². The lowest BCUT2D eigenvalue weighted by molar-refractivity contribution is -0.0361. The Balaban J connectivity index is 1.44.